The van der Waals surface area contributed by atoms with E-state index < -0.39 is 18.2 Å². The van der Waals surface area contributed by atoms with E-state index in [2.05, 4.69) is 10.1 Å². The van der Waals surface area contributed by atoms with Gasteiger partial charge in [0, 0.05) is 30.3 Å². The number of fused-ring (bicyclic) bond motifs is 1. The minimum Gasteiger partial charge on any atom is -0.478 e. The molecule has 0 saturated carbocycles. The standard InChI is InChI=1S/C17H12F3N3O2/c1-23-8-9(15(22-23)16(19)20)2-4-11-7-13(17(24)25)12-5-3-10(18)6-14(12)21-11/h2-8,16H,1H3,(H,24,25)/b4-2+. The van der Waals surface area contributed by atoms with Gasteiger partial charge in [-0.1, -0.05) is 0 Å². The smallest absolute Gasteiger partial charge is 0.336 e. The van der Waals surface area contributed by atoms with Crippen LogP contribution in [0.25, 0.3) is 23.1 Å². The molecule has 3 rings (SSSR count). The summed E-state index contributed by atoms with van der Waals surface area (Å²) in [5, 5.41) is 13.3. The van der Waals surface area contributed by atoms with Crippen LogP contribution in [0.3, 0.4) is 0 Å². The van der Waals surface area contributed by atoms with Crippen molar-refractivity contribution in [3.8, 4) is 0 Å². The summed E-state index contributed by atoms with van der Waals surface area (Å²) in [4.78, 5) is 15.6. The molecule has 0 radical (unpaired) electrons. The van der Waals surface area contributed by atoms with Gasteiger partial charge in [-0.15, -0.1) is 0 Å². The second-order valence-corrected chi connectivity index (χ2v) is 5.34. The zero-order chi connectivity index (χ0) is 18.1. The molecule has 1 N–H and O–H groups in total. The van der Waals surface area contributed by atoms with Crippen molar-refractivity contribution in [2.75, 3.05) is 0 Å². The fourth-order valence-electron chi connectivity index (χ4n) is 2.48. The zero-order valence-electron chi connectivity index (χ0n) is 12.9. The summed E-state index contributed by atoms with van der Waals surface area (Å²) in [6.45, 7) is 0. The first-order valence-electron chi connectivity index (χ1n) is 7.18. The van der Waals surface area contributed by atoms with E-state index in [-0.39, 0.29) is 28.0 Å². The molecule has 2 aromatic heterocycles. The Morgan fingerprint density at radius 3 is 2.72 bits per heavy atom. The Morgan fingerprint density at radius 2 is 2.04 bits per heavy atom. The molecule has 0 saturated heterocycles. The first kappa shape index (κ1) is 16.7. The highest BCUT2D eigenvalue weighted by atomic mass is 19.3. The number of halogens is 3. The quantitative estimate of drug-likeness (QED) is 0.777. The maximum atomic E-state index is 13.4. The number of hydrogen-bond acceptors (Lipinski definition) is 3. The van der Waals surface area contributed by atoms with Crippen molar-refractivity contribution in [1.82, 2.24) is 14.8 Å². The number of aryl methyl sites for hydroxylation is 1. The Balaban J connectivity index is 2.09. The maximum absolute atomic E-state index is 13.4. The summed E-state index contributed by atoms with van der Waals surface area (Å²) in [7, 11) is 1.52. The minimum atomic E-state index is -2.74. The molecule has 0 bridgehead atoms. The number of carboxylic acid groups (broad SMARTS) is 1. The van der Waals surface area contributed by atoms with Crippen LogP contribution < -0.4 is 0 Å². The van der Waals surface area contributed by atoms with Crippen LogP contribution in [0.1, 0.15) is 33.7 Å². The molecule has 5 nitrogen and oxygen atoms in total. The number of carbonyl (C=O) groups is 1. The SMILES string of the molecule is Cn1cc(/C=C/c2cc(C(=O)O)c3ccc(F)cc3n2)c(C(F)F)n1. The van der Waals surface area contributed by atoms with Crippen molar-refractivity contribution in [3.63, 3.8) is 0 Å². The number of alkyl halides is 2. The third-order valence-corrected chi connectivity index (χ3v) is 3.55. The fourth-order valence-corrected chi connectivity index (χ4v) is 2.48. The number of aromatic carboxylic acids is 1. The number of pyridine rings is 1. The zero-order valence-corrected chi connectivity index (χ0v) is 12.9. The van der Waals surface area contributed by atoms with Crippen LogP contribution in [-0.2, 0) is 7.05 Å². The van der Waals surface area contributed by atoms with Gasteiger partial charge in [-0.2, -0.15) is 5.10 Å². The number of benzene rings is 1. The van der Waals surface area contributed by atoms with Crippen LogP contribution in [0.15, 0.2) is 30.5 Å². The van der Waals surface area contributed by atoms with Gasteiger partial charge in [-0.05, 0) is 30.4 Å². The van der Waals surface area contributed by atoms with Crippen LogP contribution in [0, 0.1) is 5.82 Å². The summed E-state index contributed by atoms with van der Waals surface area (Å²) in [6.07, 6.45) is 1.43. The predicted octanol–water partition coefficient (Wildman–Crippen LogP) is 3.91. The second-order valence-electron chi connectivity index (χ2n) is 5.34. The van der Waals surface area contributed by atoms with E-state index >= 15 is 0 Å². The molecule has 0 fully saturated rings. The van der Waals surface area contributed by atoms with Crippen molar-refractivity contribution < 1.29 is 23.1 Å². The molecule has 0 unspecified atom stereocenters. The lowest BCUT2D eigenvalue weighted by molar-refractivity contribution is 0.0699. The van der Waals surface area contributed by atoms with Gasteiger partial charge in [0.2, 0.25) is 0 Å². The molecular weight excluding hydrogens is 335 g/mol. The maximum Gasteiger partial charge on any atom is 0.336 e. The average Bonchev–Trinajstić information content (AvgIpc) is 2.92. The van der Waals surface area contributed by atoms with Crippen molar-refractivity contribution in [1.29, 1.82) is 0 Å². The summed E-state index contributed by atoms with van der Waals surface area (Å²) in [6, 6.07) is 4.91. The largest absolute Gasteiger partial charge is 0.478 e. The molecule has 25 heavy (non-hydrogen) atoms. The number of carboxylic acids is 1. The first-order valence-corrected chi connectivity index (χ1v) is 7.18. The molecule has 1 aromatic carbocycles. The molecule has 0 amide bonds. The van der Waals surface area contributed by atoms with Crippen molar-refractivity contribution in [3.05, 3.63) is 58.8 Å². The third kappa shape index (κ3) is 3.37. The van der Waals surface area contributed by atoms with Gasteiger partial charge < -0.3 is 5.11 Å². The van der Waals surface area contributed by atoms with Crippen LogP contribution >= 0.6 is 0 Å². The van der Waals surface area contributed by atoms with Gasteiger partial charge in [-0.3, -0.25) is 4.68 Å². The van der Waals surface area contributed by atoms with Gasteiger partial charge in [0.25, 0.3) is 6.43 Å². The Kier molecular flexibility index (Phi) is 4.26. The van der Waals surface area contributed by atoms with Gasteiger partial charge >= 0.3 is 5.97 Å². The van der Waals surface area contributed by atoms with Gasteiger partial charge in [0.05, 0.1) is 16.8 Å². The number of rotatable bonds is 4. The highest BCUT2D eigenvalue weighted by Crippen LogP contribution is 2.24. The summed E-state index contributed by atoms with van der Waals surface area (Å²) >= 11 is 0. The van der Waals surface area contributed by atoms with Gasteiger partial charge in [-0.25, -0.2) is 22.9 Å². The van der Waals surface area contributed by atoms with Crippen molar-refractivity contribution in [2.24, 2.45) is 7.05 Å². The normalized spacial score (nSPS) is 11.7. The van der Waals surface area contributed by atoms with Crippen molar-refractivity contribution in [2.45, 2.75) is 6.43 Å². The minimum absolute atomic E-state index is 0.0510. The third-order valence-electron chi connectivity index (χ3n) is 3.55. The Hall–Kier alpha value is -3.16. The van der Waals surface area contributed by atoms with Crippen LogP contribution in [0.5, 0.6) is 0 Å². The lowest BCUT2D eigenvalue weighted by Crippen LogP contribution is -2.00. The molecule has 8 heteroatoms. The topological polar surface area (TPSA) is 68.0 Å². The predicted molar refractivity (Wildman–Crippen MR) is 85.8 cm³/mol. The number of aromatic nitrogens is 3. The highest BCUT2D eigenvalue weighted by Gasteiger charge is 2.16. The lowest BCUT2D eigenvalue weighted by atomic mass is 10.1. The molecule has 128 valence electrons. The molecule has 0 spiro atoms. The molecular formula is C17H12F3N3O2. The van der Waals surface area contributed by atoms with Crippen molar-refractivity contribution >= 4 is 29.0 Å². The lowest BCUT2D eigenvalue weighted by Gasteiger charge is -2.04. The fraction of sp³-hybridized carbons (Fsp3) is 0.118. The van der Waals surface area contributed by atoms with E-state index in [0.717, 1.165) is 12.1 Å². The van der Waals surface area contributed by atoms with E-state index in [1.807, 2.05) is 0 Å². The summed E-state index contributed by atoms with van der Waals surface area (Å²) in [5.41, 5.74) is 0.129. The van der Waals surface area contributed by atoms with Crippen LogP contribution in [0.2, 0.25) is 0 Å². The number of nitrogens with zero attached hydrogens (tertiary/aromatic N) is 3. The Morgan fingerprint density at radius 1 is 1.28 bits per heavy atom. The molecule has 0 aliphatic heterocycles. The summed E-state index contributed by atoms with van der Waals surface area (Å²) in [5.74, 6) is -1.74. The van der Waals surface area contributed by atoms with Gasteiger partial charge in [0.15, 0.2) is 0 Å². The van der Waals surface area contributed by atoms with E-state index in [4.69, 9.17) is 0 Å². The average molecular weight is 347 g/mol. The Bertz CT molecular complexity index is 996. The van der Waals surface area contributed by atoms with Crippen LogP contribution in [-0.4, -0.2) is 25.8 Å². The van der Waals surface area contributed by atoms with E-state index in [9.17, 15) is 23.1 Å². The molecule has 3 aromatic rings. The second kappa shape index (κ2) is 6.39. The Labute approximate surface area is 140 Å². The summed E-state index contributed by atoms with van der Waals surface area (Å²) < 4.78 is 40.5. The monoisotopic (exact) mass is 347 g/mol. The number of hydrogen-bond donors (Lipinski definition) is 1. The van der Waals surface area contributed by atoms with E-state index in [0.29, 0.717) is 5.39 Å². The first-order chi connectivity index (χ1) is 11.8. The van der Waals surface area contributed by atoms with Crippen LogP contribution in [0.4, 0.5) is 13.2 Å². The molecule has 0 atom stereocenters. The molecule has 0 aliphatic rings. The molecule has 2 heterocycles. The van der Waals surface area contributed by atoms with E-state index in [1.54, 1.807) is 0 Å². The highest BCUT2D eigenvalue weighted by molar-refractivity contribution is 6.03. The van der Waals surface area contributed by atoms with Gasteiger partial charge in [0.1, 0.15) is 11.5 Å². The van der Waals surface area contributed by atoms with E-state index in [1.165, 1.54) is 42.2 Å². The molecule has 0 aliphatic carbocycles.